The molecule has 3 aromatic rings. The molecule has 0 spiro atoms. The molecule has 1 saturated heterocycles. The average molecular weight is 468 g/mol. The standard InChI is InChI=1S/C29H25NO5/c1-16(31)17-12-14-18(15-13-17)30-26(32)24-23-19-8-4-6-10-21(19)29(25(24)27(30)33,28(34-2)35-3)22-11-7-5-9-20(22)23/h4-15,23-25,28H,1-3H3/t23?,24-,25+,29?/m0/s1. The maximum atomic E-state index is 14.2. The van der Waals surface area contributed by atoms with Crippen molar-refractivity contribution in [1.29, 1.82) is 0 Å². The van der Waals surface area contributed by atoms with Gasteiger partial charge in [-0.05, 0) is 53.4 Å². The summed E-state index contributed by atoms with van der Waals surface area (Å²) < 4.78 is 11.8. The van der Waals surface area contributed by atoms with Crippen molar-refractivity contribution < 1.29 is 23.9 Å². The number of carbonyl (C=O) groups excluding carboxylic acids is 3. The zero-order valence-corrected chi connectivity index (χ0v) is 19.7. The summed E-state index contributed by atoms with van der Waals surface area (Å²) in [6.45, 7) is 1.49. The molecule has 4 aliphatic rings. The highest BCUT2D eigenvalue weighted by Crippen LogP contribution is 2.65. The maximum Gasteiger partial charge on any atom is 0.239 e. The average Bonchev–Trinajstić information content (AvgIpc) is 3.16. The Bertz CT molecular complexity index is 1330. The van der Waals surface area contributed by atoms with Crippen LogP contribution in [-0.2, 0) is 24.5 Å². The van der Waals surface area contributed by atoms with E-state index >= 15 is 0 Å². The second kappa shape index (κ2) is 7.70. The molecule has 2 amide bonds. The molecule has 176 valence electrons. The monoisotopic (exact) mass is 467 g/mol. The van der Waals surface area contributed by atoms with Crippen molar-refractivity contribution >= 4 is 23.3 Å². The van der Waals surface area contributed by atoms with E-state index in [1.54, 1.807) is 38.5 Å². The zero-order valence-electron chi connectivity index (χ0n) is 19.7. The Morgan fingerprint density at radius 2 is 1.37 bits per heavy atom. The fourth-order valence-electron chi connectivity index (χ4n) is 6.80. The lowest BCUT2D eigenvalue weighted by atomic mass is 9.47. The van der Waals surface area contributed by atoms with Crippen LogP contribution in [-0.4, -0.2) is 38.1 Å². The first-order valence-corrected chi connectivity index (χ1v) is 11.7. The summed E-state index contributed by atoms with van der Waals surface area (Å²) in [5.41, 5.74) is 4.00. The normalized spacial score (nSPS) is 26.1. The summed E-state index contributed by atoms with van der Waals surface area (Å²) in [4.78, 5) is 41.4. The molecule has 1 heterocycles. The van der Waals surface area contributed by atoms with Gasteiger partial charge >= 0.3 is 0 Å². The smallest absolute Gasteiger partial charge is 0.239 e. The van der Waals surface area contributed by atoms with Gasteiger partial charge in [-0.25, -0.2) is 4.90 Å². The number of imide groups is 1. The third kappa shape index (κ3) is 2.64. The number of anilines is 1. The highest BCUT2D eigenvalue weighted by molar-refractivity contribution is 6.24. The van der Waals surface area contributed by atoms with E-state index in [-0.39, 0.29) is 23.5 Å². The number of methoxy groups -OCH3 is 2. The van der Waals surface area contributed by atoms with Gasteiger partial charge in [-0.2, -0.15) is 0 Å². The topological polar surface area (TPSA) is 72.9 Å². The summed E-state index contributed by atoms with van der Waals surface area (Å²) in [6.07, 6.45) is -0.782. The van der Waals surface area contributed by atoms with Crippen molar-refractivity contribution in [2.75, 3.05) is 19.1 Å². The first-order chi connectivity index (χ1) is 17.0. The van der Waals surface area contributed by atoms with E-state index in [9.17, 15) is 14.4 Å². The van der Waals surface area contributed by atoms with E-state index in [0.29, 0.717) is 11.3 Å². The number of Topliss-reactive ketones (excluding diaryl/α,β-unsaturated/α-hetero) is 1. The van der Waals surface area contributed by atoms with Gasteiger partial charge in [0.2, 0.25) is 11.8 Å². The van der Waals surface area contributed by atoms with Crippen LogP contribution in [0.3, 0.4) is 0 Å². The van der Waals surface area contributed by atoms with Gasteiger partial charge in [0.1, 0.15) is 0 Å². The van der Waals surface area contributed by atoms with Crippen molar-refractivity contribution in [2.45, 2.75) is 24.5 Å². The third-order valence-electron chi connectivity index (χ3n) is 8.02. The molecule has 35 heavy (non-hydrogen) atoms. The number of ether oxygens (including phenoxy) is 2. The summed E-state index contributed by atoms with van der Waals surface area (Å²) in [5.74, 6) is -2.12. The fourth-order valence-corrected chi connectivity index (χ4v) is 6.80. The molecule has 6 heteroatoms. The SMILES string of the molecule is COC(OC)C12c3ccccc3C(c3ccccc31)[C@@H]1C(=O)N(c3ccc(C(C)=O)cc3)C(=O)[C@@H]12. The van der Waals surface area contributed by atoms with E-state index in [4.69, 9.17) is 9.47 Å². The predicted molar refractivity (Wildman–Crippen MR) is 129 cm³/mol. The van der Waals surface area contributed by atoms with E-state index < -0.39 is 23.5 Å². The number of amides is 2. The molecule has 1 aliphatic heterocycles. The van der Waals surface area contributed by atoms with E-state index in [2.05, 4.69) is 0 Å². The number of carbonyl (C=O) groups is 3. The molecule has 3 aliphatic carbocycles. The first kappa shape index (κ1) is 21.9. The lowest BCUT2D eigenvalue weighted by Crippen LogP contribution is -2.60. The Kier molecular flexibility index (Phi) is 4.82. The van der Waals surface area contributed by atoms with Crippen LogP contribution < -0.4 is 4.90 Å². The Morgan fingerprint density at radius 1 is 0.829 bits per heavy atom. The van der Waals surface area contributed by atoms with E-state index in [0.717, 1.165) is 22.3 Å². The minimum Gasteiger partial charge on any atom is -0.355 e. The van der Waals surface area contributed by atoms with Crippen molar-refractivity contribution in [3.8, 4) is 0 Å². The van der Waals surface area contributed by atoms with Gasteiger partial charge < -0.3 is 9.47 Å². The van der Waals surface area contributed by atoms with Crippen LogP contribution in [0.5, 0.6) is 0 Å². The van der Waals surface area contributed by atoms with Crippen LogP contribution in [0.2, 0.25) is 0 Å². The van der Waals surface area contributed by atoms with Crippen LogP contribution in [0.15, 0.2) is 72.8 Å². The molecule has 0 saturated carbocycles. The number of hydrogen-bond donors (Lipinski definition) is 0. The largest absolute Gasteiger partial charge is 0.355 e. The number of hydrogen-bond acceptors (Lipinski definition) is 5. The molecule has 0 unspecified atom stereocenters. The van der Waals surface area contributed by atoms with Crippen LogP contribution in [0, 0.1) is 11.8 Å². The molecule has 2 bridgehead atoms. The molecule has 2 atom stereocenters. The number of nitrogens with zero attached hydrogens (tertiary/aromatic N) is 1. The molecule has 0 N–H and O–H groups in total. The Morgan fingerprint density at radius 3 is 1.89 bits per heavy atom. The number of benzene rings is 3. The van der Waals surface area contributed by atoms with Gasteiger partial charge in [-0.3, -0.25) is 14.4 Å². The third-order valence-corrected chi connectivity index (χ3v) is 8.02. The van der Waals surface area contributed by atoms with Crippen LogP contribution in [0.25, 0.3) is 0 Å². The minimum atomic E-state index is -0.989. The van der Waals surface area contributed by atoms with Gasteiger partial charge in [-0.1, -0.05) is 48.5 Å². The Labute approximate surface area is 203 Å². The van der Waals surface area contributed by atoms with Crippen LogP contribution >= 0.6 is 0 Å². The predicted octanol–water partition coefficient (Wildman–Crippen LogP) is 4.06. The Hall–Kier alpha value is -3.61. The van der Waals surface area contributed by atoms with Crippen molar-refractivity contribution in [3.63, 3.8) is 0 Å². The summed E-state index contributed by atoms with van der Waals surface area (Å²) in [5, 5.41) is 0. The molecule has 7 rings (SSSR count). The molecule has 6 nitrogen and oxygen atoms in total. The fraction of sp³-hybridized carbons (Fsp3) is 0.276. The number of rotatable bonds is 5. The zero-order chi connectivity index (χ0) is 24.5. The quantitative estimate of drug-likeness (QED) is 0.322. The molecule has 1 fully saturated rings. The van der Waals surface area contributed by atoms with Crippen LogP contribution in [0.4, 0.5) is 5.69 Å². The van der Waals surface area contributed by atoms with Gasteiger partial charge in [-0.15, -0.1) is 0 Å². The molecule has 3 aromatic carbocycles. The highest BCUT2D eigenvalue weighted by atomic mass is 16.7. The van der Waals surface area contributed by atoms with E-state index in [1.807, 2.05) is 48.5 Å². The van der Waals surface area contributed by atoms with Gasteiger partial charge in [0, 0.05) is 25.7 Å². The maximum absolute atomic E-state index is 14.2. The van der Waals surface area contributed by atoms with Crippen LogP contribution in [0.1, 0.15) is 45.5 Å². The van der Waals surface area contributed by atoms with Crippen molar-refractivity contribution in [3.05, 3.63) is 101 Å². The molecule has 0 radical (unpaired) electrons. The second-order valence-corrected chi connectivity index (χ2v) is 9.44. The highest BCUT2D eigenvalue weighted by Gasteiger charge is 2.71. The van der Waals surface area contributed by atoms with Gasteiger partial charge in [0.15, 0.2) is 12.1 Å². The lowest BCUT2D eigenvalue weighted by Gasteiger charge is -2.56. The molecular weight excluding hydrogens is 442 g/mol. The van der Waals surface area contributed by atoms with Gasteiger partial charge in [0.05, 0.1) is 22.9 Å². The molecule has 0 aromatic heterocycles. The van der Waals surface area contributed by atoms with Crippen molar-refractivity contribution in [1.82, 2.24) is 0 Å². The summed E-state index contributed by atoms with van der Waals surface area (Å²) >= 11 is 0. The van der Waals surface area contributed by atoms with Gasteiger partial charge in [0.25, 0.3) is 0 Å². The molecular formula is C29H25NO5. The first-order valence-electron chi connectivity index (χ1n) is 11.7. The Balaban J connectivity index is 1.62. The summed E-state index contributed by atoms with van der Waals surface area (Å²) in [6, 6.07) is 22.7. The van der Waals surface area contributed by atoms with E-state index in [1.165, 1.54) is 11.8 Å². The second-order valence-electron chi connectivity index (χ2n) is 9.44. The lowest BCUT2D eigenvalue weighted by molar-refractivity contribution is -0.168. The van der Waals surface area contributed by atoms with Crippen molar-refractivity contribution in [2.24, 2.45) is 11.8 Å². The summed E-state index contributed by atoms with van der Waals surface area (Å²) in [7, 11) is 3.15. The minimum absolute atomic E-state index is 0.0739. The number of ketones is 1.